The van der Waals surface area contributed by atoms with Gasteiger partial charge in [-0.25, -0.2) is 0 Å². The minimum absolute atomic E-state index is 0.0500. The van der Waals surface area contributed by atoms with Crippen molar-refractivity contribution in [2.75, 3.05) is 19.9 Å². The Labute approximate surface area is 121 Å². The van der Waals surface area contributed by atoms with Gasteiger partial charge in [0.2, 0.25) is 0 Å². The highest BCUT2D eigenvalue weighted by Gasteiger charge is 2.64. The molecule has 0 aromatic carbocycles. The SMILES string of the molecule is COC(CO)C[P+](C(C)(C)C)(C(C)(C)C)C(C)(C)C. The average Bonchev–Trinajstić information content (AvgIpc) is 2.13. The molecule has 1 atom stereocenters. The van der Waals surface area contributed by atoms with Crippen molar-refractivity contribution in [2.24, 2.45) is 0 Å². The van der Waals surface area contributed by atoms with Gasteiger partial charge < -0.3 is 9.84 Å². The van der Waals surface area contributed by atoms with Crippen LogP contribution in [0.15, 0.2) is 0 Å². The summed E-state index contributed by atoms with van der Waals surface area (Å²) in [7, 11) is 0.290. The van der Waals surface area contributed by atoms with Crippen LogP contribution in [-0.4, -0.2) is 46.6 Å². The van der Waals surface area contributed by atoms with E-state index in [0.29, 0.717) is 0 Å². The van der Waals surface area contributed by atoms with E-state index in [4.69, 9.17) is 4.74 Å². The number of rotatable bonds is 4. The zero-order valence-corrected chi connectivity index (χ0v) is 15.7. The summed E-state index contributed by atoms with van der Waals surface area (Å²) in [6.45, 7) is 21.4. The molecule has 1 N–H and O–H groups in total. The number of aliphatic hydroxyl groups excluding tert-OH is 1. The Morgan fingerprint density at radius 3 is 1.32 bits per heavy atom. The molecule has 0 heterocycles. The van der Waals surface area contributed by atoms with Crippen LogP contribution >= 0.6 is 7.26 Å². The van der Waals surface area contributed by atoms with E-state index in [-0.39, 0.29) is 28.2 Å². The lowest BCUT2D eigenvalue weighted by Gasteiger charge is -2.55. The zero-order valence-electron chi connectivity index (χ0n) is 14.8. The number of hydrogen-bond donors (Lipinski definition) is 1. The van der Waals surface area contributed by atoms with Crippen LogP contribution in [0.25, 0.3) is 0 Å². The summed E-state index contributed by atoms with van der Waals surface area (Å²) >= 11 is 0. The number of aliphatic hydroxyl groups is 1. The van der Waals surface area contributed by atoms with E-state index in [2.05, 4.69) is 62.3 Å². The fraction of sp³-hybridized carbons (Fsp3) is 1.00. The van der Waals surface area contributed by atoms with Gasteiger partial charge in [0.1, 0.15) is 6.10 Å². The molecule has 0 bridgehead atoms. The lowest BCUT2D eigenvalue weighted by atomic mass is 10.2. The first kappa shape index (κ1) is 19.4. The van der Waals surface area contributed by atoms with Gasteiger partial charge in [-0.15, -0.1) is 0 Å². The van der Waals surface area contributed by atoms with Crippen molar-refractivity contribution in [2.45, 2.75) is 83.9 Å². The van der Waals surface area contributed by atoms with Crippen molar-refractivity contribution in [3.8, 4) is 0 Å². The molecule has 0 saturated carbocycles. The maximum Gasteiger partial charge on any atom is 0.114 e. The first-order valence-electron chi connectivity index (χ1n) is 7.26. The molecular formula is C16H36O2P+. The lowest BCUT2D eigenvalue weighted by molar-refractivity contribution is 0.0636. The van der Waals surface area contributed by atoms with Crippen molar-refractivity contribution in [3.63, 3.8) is 0 Å². The van der Waals surface area contributed by atoms with Crippen molar-refractivity contribution in [1.82, 2.24) is 0 Å². The van der Waals surface area contributed by atoms with E-state index in [1.165, 1.54) is 0 Å². The highest BCUT2D eigenvalue weighted by molar-refractivity contribution is 7.80. The topological polar surface area (TPSA) is 29.5 Å². The minimum Gasteiger partial charge on any atom is -0.394 e. The van der Waals surface area contributed by atoms with Crippen LogP contribution in [-0.2, 0) is 4.74 Å². The molecule has 0 fully saturated rings. The van der Waals surface area contributed by atoms with Crippen LogP contribution < -0.4 is 0 Å². The second kappa shape index (κ2) is 6.00. The van der Waals surface area contributed by atoms with E-state index < -0.39 is 7.26 Å². The maximum absolute atomic E-state index is 9.58. The van der Waals surface area contributed by atoms with Gasteiger partial charge in [0.05, 0.1) is 28.2 Å². The van der Waals surface area contributed by atoms with Crippen LogP contribution in [0.3, 0.4) is 0 Å². The molecule has 0 spiro atoms. The average molecular weight is 291 g/mol. The third-order valence-electron chi connectivity index (χ3n) is 4.45. The van der Waals surface area contributed by atoms with Gasteiger partial charge in [0, 0.05) is 14.4 Å². The summed E-state index contributed by atoms with van der Waals surface area (Å²) in [4.78, 5) is 0. The van der Waals surface area contributed by atoms with Crippen LogP contribution in [0, 0.1) is 0 Å². The highest BCUT2D eigenvalue weighted by atomic mass is 31.2. The Morgan fingerprint density at radius 1 is 0.842 bits per heavy atom. The second-order valence-electron chi connectivity index (χ2n) is 8.55. The molecule has 0 aliphatic carbocycles. The standard InChI is InChI=1S/C16H36O2P/c1-14(2,3)19(15(4,5)6,16(7,8)9)12-13(11-17)18-10/h13,17H,11-12H2,1-10H3/q+1. The van der Waals surface area contributed by atoms with Crippen LogP contribution in [0.4, 0.5) is 0 Å². The van der Waals surface area contributed by atoms with E-state index in [0.717, 1.165) is 6.16 Å². The summed E-state index contributed by atoms with van der Waals surface area (Å²) < 4.78 is 5.52. The molecule has 3 heteroatoms. The van der Waals surface area contributed by atoms with Gasteiger partial charge in [0.25, 0.3) is 0 Å². The Morgan fingerprint density at radius 2 is 1.16 bits per heavy atom. The molecule has 19 heavy (non-hydrogen) atoms. The molecule has 0 aromatic rings. The van der Waals surface area contributed by atoms with Crippen molar-refractivity contribution < 1.29 is 9.84 Å². The first-order chi connectivity index (χ1) is 8.24. The molecule has 0 amide bonds. The molecular weight excluding hydrogens is 255 g/mol. The molecule has 0 aromatic heterocycles. The molecule has 116 valence electrons. The smallest absolute Gasteiger partial charge is 0.114 e. The first-order valence-corrected chi connectivity index (χ1v) is 9.24. The van der Waals surface area contributed by atoms with Gasteiger partial charge in [-0.3, -0.25) is 0 Å². The van der Waals surface area contributed by atoms with Crippen molar-refractivity contribution in [1.29, 1.82) is 0 Å². The third kappa shape index (κ3) is 3.71. The predicted octanol–water partition coefficient (Wildman–Crippen LogP) is 4.41. The van der Waals surface area contributed by atoms with Crippen LogP contribution in [0.1, 0.15) is 62.3 Å². The Kier molecular flexibility index (Phi) is 6.11. The summed E-state index contributed by atoms with van der Waals surface area (Å²) in [6, 6.07) is 0. The molecule has 0 aliphatic rings. The molecule has 0 radical (unpaired) electrons. The normalized spacial score (nSPS) is 16.6. The second-order valence-corrected chi connectivity index (χ2v) is 14.6. The summed E-state index contributed by atoms with van der Waals surface area (Å²) in [6.07, 6.45) is 0.933. The van der Waals surface area contributed by atoms with Gasteiger partial charge in [-0.1, -0.05) is 0 Å². The van der Waals surface area contributed by atoms with Gasteiger partial charge in [-0.05, 0) is 62.3 Å². The van der Waals surface area contributed by atoms with Crippen molar-refractivity contribution in [3.05, 3.63) is 0 Å². The summed E-state index contributed by atoms with van der Waals surface area (Å²) in [5, 5.41) is 10.3. The fourth-order valence-corrected chi connectivity index (χ4v) is 12.9. The number of hydrogen-bond acceptors (Lipinski definition) is 2. The Hall–Kier alpha value is 0.350. The van der Waals surface area contributed by atoms with Crippen LogP contribution in [0.5, 0.6) is 0 Å². The van der Waals surface area contributed by atoms with Gasteiger partial charge in [0.15, 0.2) is 0 Å². The summed E-state index contributed by atoms with van der Waals surface area (Å²) in [5.41, 5.74) is 0. The maximum atomic E-state index is 9.58. The van der Waals surface area contributed by atoms with E-state index in [1.54, 1.807) is 7.11 Å². The highest BCUT2D eigenvalue weighted by Crippen LogP contribution is 2.83. The van der Waals surface area contributed by atoms with Crippen LogP contribution in [0.2, 0.25) is 0 Å². The Bertz CT molecular complexity index is 239. The molecule has 2 nitrogen and oxygen atoms in total. The monoisotopic (exact) mass is 291 g/mol. The third-order valence-corrected chi connectivity index (χ3v) is 12.3. The molecule has 0 rings (SSSR count). The minimum atomic E-state index is -1.42. The van der Waals surface area contributed by atoms with E-state index in [9.17, 15) is 5.11 Å². The van der Waals surface area contributed by atoms with E-state index >= 15 is 0 Å². The predicted molar refractivity (Wildman–Crippen MR) is 88.9 cm³/mol. The fourth-order valence-electron chi connectivity index (χ4n) is 4.35. The zero-order chi connectivity index (χ0) is 15.7. The quantitative estimate of drug-likeness (QED) is 0.778. The number of ether oxygens (including phenoxy) is 1. The summed E-state index contributed by atoms with van der Waals surface area (Å²) in [5.74, 6) is 0. The van der Waals surface area contributed by atoms with Gasteiger partial charge in [-0.2, -0.15) is 0 Å². The lowest BCUT2D eigenvalue weighted by Crippen LogP contribution is -2.48. The van der Waals surface area contributed by atoms with Gasteiger partial charge >= 0.3 is 0 Å². The number of methoxy groups -OCH3 is 1. The molecule has 1 unspecified atom stereocenters. The Balaban J connectivity index is 5.96. The molecule has 0 aliphatic heterocycles. The largest absolute Gasteiger partial charge is 0.394 e. The van der Waals surface area contributed by atoms with E-state index in [1.807, 2.05) is 0 Å². The van der Waals surface area contributed by atoms with Crippen molar-refractivity contribution >= 4 is 7.26 Å². The molecule has 0 saturated heterocycles.